The van der Waals surface area contributed by atoms with Crippen LogP contribution in [-0.2, 0) is 10.2 Å². The molecule has 1 heterocycles. The molecular weight excluding hydrogens is 280 g/mol. The van der Waals surface area contributed by atoms with E-state index in [0.717, 1.165) is 23.3 Å². The van der Waals surface area contributed by atoms with Crippen molar-refractivity contribution in [3.05, 3.63) is 45.9 Å². The zero-order valence-electron chi connectivity index (χ0n) is 10.4. The molecule has 0 unspecified atom stereocenters. The van der Waals surface area contributed by atoms with Gasteiger partial charge in [0.15, 0.2) is 5.13 Å². The molecule has 0 aliphatic heterocycles. The first-order valence-electron chi connectivity index (χ1n) is 6.10. The zero-order valence-corrected chi connectivity index (χ0v) is 12.0. The highest BCUT2D eigenvalue weighted by Gasteiger charge is 2.51. The lowest BCUT2D eigenvalue weighted by molar-refractivity contribution is -0.118. The van der Waals surface area contributed by atoms with E-state index in [-0.39, 0.29) is 5.91 Å². The van der Waals surface area contributed by atoms with E-state index in [4.69, 9.17) is 11.6 Å². The summed E-state index contributed by atoms with van der Waals surface area (Å²) in [4.78, 5) is 17.7. The number of benzene rings is 1. The lowest BCUT2D eigenvalue weighted by Gasteiger charge is -2.14. The smallest absolute Gasteiger partial charge is 0.236 e. The maximum absolute atomic E-state index is 12.4. The molecule has 1 amide bonds. The highest BCUT2D eigenvalue weighted by atomic mass is 35.5. The number of rotatable bonds is 3. The Morgan fingerprint density at radius 3 is 2.84 bits per heavy atom. The maximum Gasteiger partial charge on any atom is 0.236 e. The van der Waals surface area contributed by atoms with Gasteiger partial charge in [0, 0.05) is 16.1 Å². The molecule has 1 aromatic heterocycles. The number of aromatic nitrogens is 1. The molecule has 19 heavy (non-hydrogen) atoms. The van der Waals surface area contributed by atoms with Crippen LogP contribution in [0, 0.1) is 6.92 Å². The number of nitrogens with one attached hydrogen (secondary N) is 1. The second kappa shape index (κ2) is 4.62. The van der Waals surface area contributed by atoms with Crippen LogP contribution in [0.2, 0.25) is 5.02 Å². The summed E-state index contributed by atoms with van der Waals surface area (Å²) in [5.74, 6) is 0.0177. The fraction of sp³-hybridized carbons (Fsp3) is 0.286. The van der Waals surface area contributed by atoms with E-state index in [0.29, 0.717) is 10.2 Å². The Morgan fingerprint density at radius 2 is 2.26 bits per heavy atom. The second-order valence-corrected chi connectivity index (χ2v) is 6.49. The van der Waals surface area contributed by atoms with Gasteiger partial charge in [-0.2, -0.15) is 0 Å². The first-order chi connectivity index (χ1) is 9.10. The first-order valence-corrected chi connectivity index (χ1v) is 7.29. The van der Waals surface area contributed by atoms with Crippen LogP contribution in [0.15, 0.2) is 30.5 Å². The third-order valence-corrected chi connectivity index (χ3v) is 4.47. The van der Waals surface area contributed by atoms with E-state index in [1.54, 1.807) is 6.20 Å². The number of carbonyl (C=O) groups excluding carboxylic acids is 1. The quantitative estimate of drug-likeness (QED) is 0.935. The summed E-state index contributed by atoms with van der Waals surface area (Å²) >= 11 is 7.49. The standard InChI is InChI=1S/C14H13ClN2OS/c1-9-8-16-13(19-9)17-12(18)14(5-6-14)10-3-2-4-11(15)7-10/h2-4,7-8H,5-6H2,1H3,(H,16,17,18). The summed E-state index contributed by atoms with van der Waals surface area (Å²) in [7, 11) is 0. The molecule has 1 aliphatic carbocycles. The van der Waals surface area contributed by atoms with E-state index < -0.39 is 5.41 Å². The minimum Gasteiger partial charge on any atom is -0.301 e. The number of amides is 1. The van der Waals surface area contributed by atoms with Crippen LogP contribution in [0.3, 0.4) is 0 Å². The predicted octanol–water partition coefficient (Wildman–Crippen LogP) is 3.78. The molecule has 0 saturated heterocycles. The van der Waals surface area contributed by atoms with Crippen molar-refractivity contribution >= 4 is 34.0 Å². The van der Waals surface area contributed by atoms with Crippen molar-refractivity contribution in [2.24, 2.45) is 0 Å². The van der Waals surface area contributed by atoms with Gasteiger partial charge in [0.05, 0.1) is 5.41 Å². The predicted molar refractivity (Wildman–Crippen MR) is 77.8 cm³/mol. The molecule has 0 bridgehead atoms. The van der Waals surface area contributed by atoms with E-state index in [1.165, 1.54) is 11.3 Å². The fourth-order valence-corrected chi connectivity index (χ4v) is 3.04. The molecule has 0 spiro atoms. The van der Waals surface area contributed by atoms with Crippen molar-refractivity contribution in [1.29, 1.82) is 0 Å². The molecule has 2 aromatic rings. The van der Waals surface area contributed by atoms with Gasteiger partial charge in [0.1, 0.15) is 0 Å². The van der Waals surface area contributed by atoms with Gasteiger partial charge in [-0.3, -0.25) is 4.79 Å². The van der Waals surface area contributed by atoms with Gasteiger partial charge in [-0.05, 0) is 37.5 Å². The van der Waals surface area contributed by atoms with Crippen LogP contribution in [-0.4, -0.2) is 10.9 Å². The number of halogens is 1. The lowest BCUT2D eigenvalue weighted by Crippen LogP contribution is -2.27. The van der Waals surface area contributed by atoms with E-state index in [9.17, 15) is 4.79 Å². The van der Waals surface area contributed by atoms with Crippen molar-refractivity contribution in [1.82, 2.24) is 4.98 Å². The van der Waals surface area contributed by atoms with Crippen molar-refractivity contribution in [2.75, 3.05) is 5.32 Å². The summed E-state index contributed by atoms with van der Waals surface area (Å²) in [6.45, 7) is 1.97. The molecule has 1 saturated carbocycles. The van der Waals surface area contributed by atoms with Crippen LogP contribution in [0.1, 0.15) is 23.3 Å². The van der Waals surface area contributed by atoms with Crippen molar-refractivity contribution in [2.45, 2.75) is 25.2 Å². The molecule has 1 fully saturated rings. The van der Waals surface area contributed by atoms with Crippen LogP contribution in [0.25, 0.3) is 0 Å². The Balaban J connectivity index is 1.83. The SMILES string of the molecule is Cc1cnc(NC(=O)C2(c3cccc(Cl)c3)CC2)s1. The number of aryl methyl sites for hydroxylation is 1. The highest BCUT2D eigenvalue weighted by molar-refractivity contribution is 7.15. The Hall–Kier alpha value is -1.39. The largest absolute Gasteiger partial charge is 0.301 e. The number of thiazole rings is 1. The van der Waals surface area contributed by atoms with Gasteiger partial charge < -0.3 is 5.32 Å². The highest BCUT2D eigenvalue weighted by Crippen LogP contribution is 2.49. The molecule has 3 rings (SSSR count). The van der Waals surface area contributed by atoms with E-state index in [2.05, 4.69) is 10.3 Å². The number of hydrogen-bond donors (Lipinski definition) is 1. The van der Waals surface area contributed by atoms with Crippen LogP contribution >= 0.6 is 22.9 Å². The monoisotopic (exact) mass is 292 g/mol. The van der Waals surface area contributed by atoms with Gasteiger partial charge in [-0.15, -0.1) is 11.3 Å². The Bertz CT molecular complexity index is 634. The molecular formula is C14H13ClN2OS. The molecule has 1 N–H and O–H groups in total. The molecule has 5 heteroatoms. The summed E-state index contributed by atoms with van der Waals surface area (Å²) < 4.78 is 0. The van der Waals surface area contributed by atoms with Crippen LogP contribution in [0.4, 0.5) is 5.13 Å². The summed E-state index contributed by atoms with van der Waals surface area (Å²) in [6, 6.07) is 7.55. The van der Waals surface area contributed by atoms with Crippen LogP contribution in [0.5, 0.6) is 0 Å². The minimum atomic E-state index is -0.412. The Morgan fingerprint density at radius 1 is 1.47 bits per heavy atom. The molecule has 0 atom stereocenters. The van der Waals surface area contributed by atoms with Gasteiger partial charge in [-0.1, -0.05) is 23.7 Å². The summed E-state index contributed by atoms with van der Waals surface area (Å²) in [5, 5.41) is 4.24. The number of nitrogens with zero attached hydrogens (tertiary/aromatic N) is 1. The first kappa shape index (κ1) is 12.6. The summed E-state index contributed by atoms with van der Waals surface area (Å²) in [6.07, 6.45) is 3.49. The third kappa shape index (κ3) is 2.38. The maximum atomic E-state index is 12.4. The Labute approximate surface area is 120 Å². The normalized spacial score (nSPS) is 16.1. The van der Waals surface area contributed by atoms with Gasteiger partial charge >= 0.3 is 0 Å². The summed E-state index contributed by atoms with van der Waals surface area (Å²) in [5.41, 5.74) is 0.579. The molecule has 1 aromatic carbocycles. The molecule has 98 valence electrons. The minimum absolute atomic E-state index is 0.0177. The number of anilines is 1. The third-order valence-electron chi connectivity index (χ3n) is 3.40. The van der Waals surface area contributed by atoms with E-state index >= 15 is 0 Å². The number of carbonyl (C=O) groups is 1. The zero-order chi connectivity index (χ0) is 13.5. The van der Waals surface area contributed by atoms with Crippen molar-refractivity contribution < 1.29 is 4.79 Å². The van der Waals surface area contributed by atoms with Crippen LogP contribution < -0.4 is 5.32 Å². The topological polar surface area (TPSA) is 42.0 Å². The van der Waals surface area contributed by atoms with Crippen molar-refractivity contribution in [3.63, 3.8) is 0 Å². The van der Waals surface area contributed by atoms with Gasteiger partial charge in [-0.25, -0.2) is 4.98 Å². The average molecular weight is 293 g/mol. The second-order valence-electron chi connectivity index (χ2n) is 4.82. The average Bonchev–Trinajstić information content (AvgIpc) is 3.09. The van der Waals surface area contributed by atoms with Crippen molar-refractivity contribution in [3.8, 4) is 0 Å². The lowest BCUT2D eigenvalue weighted by atomic mass is 9.95. The van der Waals surface area contributed by atoms with Gasteiger partial charge in [0.25, 0.3) is 0 Å². The molecule has 1 aliphatic rings. The van der Waals surface area contributed by atoms with E-state index in [1.807, 2.05) is 31.2 Å². The molecule has 3 nitrogen and oxygen atoms in total. The Kier molecular flexibility index (Phi) is 3.07. The van der Waals surface area contributed by atoms with Gasteiger partial charge in [0.2, 0.25) is 5.91 Å². The number of hydrogen-bond acceptors (Lipinski definition) is 3. The fourth-order valence-electron chi connectivity index (χ4n) is 2.19. The molecule has 0 radical (unpaired) electrons.